The number of halogens is 2. The van der Waals surface area contributed by atoms with Gasteiger partial charge in [-0.1, -0.05) is 23.2 Å². The Hall–Kier alpha value is -0.520. The van der Waals surface area contributed by atoms with E-state index in [4.69, 9.17) is 32.8 Å². The van der Waals surface area contributed by atoms with Gasteiger partial charge in [0.1, 0.15) is 5.75 Å². The number of nitrogens with one attached hydrogen (secondary N) is 1. The molecule has 1 aromatic carbocycles. The van der Waals surface area contributed by atoms with Crippen molar-refractivity contribution in [3.05, 3.63) is 27.7 Å². The molecule has 0 aromatic heterocycles. The zero-order chi connectivity index (χ0) is 12.0. The van der Waals surface area contributed by atoms with Gasteiger partial charge in [0.2, 0.25) is 0 Å². The topological polar surface area (TPSA) is 50.7 Å². The zero-order valence-electron chi connectivity index (χ0n) is 8.80. The van der Waals surface area contributed by atoms with E-state index in [1.807, 2.05) is 0 Å². The van der Waals surface area contributed by atoms with Crippen LogP contribution in [0.15, 0.2) is 12.1 Å². The summed E-state index contributed by atoms with van der Waals surface area (Å²) in [6.07, 6.45) is 0. The third kappa shape index (κ3) is 4.15. The van der Waals surface area contributed by atoms with Crippen LogP contribution < -0.4 is 5.48 Å². The molecule has 16 heavy (non-hydrogen) atoms. The number of aromatic hydroxyl groups is 1. The molecule has 0 spiro atoms. The Morgan fingerprint density at radius 3 is 2.75 bits per heavy atom. The third-order valence-corrected chi connectivity index (χ3v) is 2.37. The molecule has 4 nitrogen and oxygen atoms in total. The van der Waals surface area contributed by atoms with Crippen LogP contribution in [0.1, 0.15) is 5.56 Å². The highest BCUT2D eigenvalue weighted by Crippen LogP contribution is 2.30. The van der Waals surface area contributed by atoms with Crippen molar-refractivity contribution in [3.63, 3.8) is 0 Å². The molecule has 0 saturated carbocycles. The molecular weight excluding hydrogens is 253 g/mol. The highest BCUT2D eigenvalue weighted by atomic mass is 35.5. The minimum atomic E-state index is 0.00825. The van der Waals surface area contributed by atoms with Gasteiger partial charge in [0.15, 0.2) is 0 Å². The van der Waals surface area contributed by atoms with Crippen molar-refractivity contribution >= 4 is 23.2 Å². The van der Waals surface area contributed by atoms with Gasteiger partial charge in [0.05, 0.1) is 18.2 Å². The summed E-state index contributed by atoms with van der Waals surface area (Å²) >= 11 is 11.6. The van der Waals surface area contributed by atoms with Crippen molar-refractivity contribution < 1.29 is 14.7 Å². The van der Waals surface area contributed by atoms with Gasteiger partial charge < -0.3 is 9.84 Å². The molecule has 2 N–H and O–H groups in total. The monoisotopic (exact) mass is 265 g/mol. The maximum Gasteiger partial charge on any atom is 0.138 e. The van der Waals surface area contributed by atoms with Crippen molar-refractivity contribution in [1.29, 1.82) is 0 Å². The lowest BCUT2D eigenvalue weighted by Gasteiger charge is -2.08. The van der Waals surface area contributed by atoms with E-state index in [9.17, 15) is 5.11 Å². The van der Waals surface area contributed by atoms with Crippen LogP contribution in [0.3, 0.4) is 0 Å². The van der Waals surface area contributed by atoms with Crippen LogP contribution in [0.25, 0.3) is 0 Å². The molecule has 0 bridgehead atoms. The molecule has 0 fully saturated rings. The van der Waals surface area contributed by atoms with Gasteiger partial charge in [-0.15, -0.1) is 0 Å². The van der Waals surface area contributed by atoms with Crippen LogP contribution >= 0.6 is 23.2 Å². The summed E-state index contributed by atoms with van der Waals surface area (Å²) in [5.74, 6) is 0.00825. The minimum absolute atomic E-state index is 0.00825. The highest BCUT2D eigenvalue weighted by molar-refractivity contribution is 6.35. The van der Waals surface area contributed by atoms with E-state index in [0.717, 1.165) is 0 Å². The molecule has 0 amide bonds. The molecule has 1 aromatic rings. The summed E-state index contributed by atoms with van der Waals surface area (Å²) in [5, 5.41) is 10.3. The molecule has 0 atom stereocenters. The molecule has 0 radical (unpaired) electrons. The fourth-order valence-corrected chi connectivity index (χ4v) is 1.62. The van der Waals surface area contributed by atoms with Crippen LogP contribution in [-0.2, 0) is 16.1 Å². The van der Waals surface area contributed by atoms with Crippen molar-refractivity contribution in [1.82, 2.24) is 5.48 Å². The van der Waals surface area contributed by atoms with E-state index in [1.165, 1.54) is 6.07 Å². The Bertz CT molecular complexity index is 347. The molecule has 0 aliphatic rings. The Morgan fingerprint density at radius 1 is 1.31 bits per heavy atom. The number of rotatable bonds is 6. The summed E-state index contributed by atoms with van der Waals surface area (Å²) in [5.41, 5.74) is 3.25. The molecule has 90 valence electrons. The average molecular weight is 266 g/mol. The summed E-state index contributed by atoms with van der Waals surface area (Å²) in [4.78, 5) is 5.04. The molecule has 0 saturated heterocycles. The summed E-state index contributed by atoms with van der Waals surface area (Å²) in [6.45, 7) is 1.23. The Kier molecular flexibility index (Phi) is 5.87. The van der Waals surface area contributed by atoms with Gasteiger partial charge in [0, 0.05) is 24.2 Å². The van der Waals surface area contributed by atoms with E-state index in [0.29, 0.717) is 30.3 Å². The van der Waals surface area contributed by atoms with Gasteiger partial charge in [-0.3, -0.25) is 4.84 Å². The molecule has 1 rings (SSSR count). The van der Waals surface area contributed by atoms with Crippen molar-refractivity contribution in [3.8, 4) is 5.75 Å². The third-order valence-electron chi connectivity index (χ3n) is 1.86. The molecule has 0 aliphatic carbocycles. The first-order chi connectivity index (χ1) is 7.65. The van der Waals surface area contributed by atoms with E-state index < -0.39 is 0 Å². The van der Waals surface area contributed by atoms with Gasteiger partial charge in [-0.05, 0) is 12.1 Å². The molecule has 0 heterocycles. The molecular formula is C10H13Cl2NO3. The van der Waals surface area contributed by atoms with E-state index >= 15 is 0 Å². The first-order valence-electron chi connectivity index (χ1n) is 4.65. The number of phenols is 1. The standard InChI is InChI=1S/C10H13Cl2NO3/c1-15-2-3-16-13-6-7-4-8(11)5-9(12)10(7)14/h4-5,13-14H,2-3,6H2,1H3. The fraction of sp³-hybridized carbons (Fsp3) is 0.400. The Balaban J connectivity index is 2.47. The lowest BCUT2D eigenvalue weighted by molar-refractivity contribution is 0.00322. The number of phenolic OH excluding ortho intramolecular Hbond substituents is 1. The number of ether oxygens (including phenoxy) is 1. The Morgan fingerprint density at radius 2 is 2.06 bits per heavy atom. The quantitative estimate of drug-likeness (QED) is 0.613. The number of methoxy groups -OCH3 is 1. The Labute approximate surface area is 104 Å². The van der Waals surface area contributed by atoms with Crippen LogP contribution in [0.4, 0.5) is 0 Å². The summed E-state index contributed by atoms with van der Waals surface area (Å²) in [6, 6.07) is 3.10. The number of benzene rings is 1. The fourth-order valence-electron chi connectivity index (χ4n) is 1.08. The van der Waals surface area contributed by atoms with E-state index in [1.54, 1.807) is 13.2 Å². The van der Waals surface area contributed by atoms with Gasteiger partial charge in [0.25, 0.3) is 0 Å². The normalized spacial score (nSPS) is 10.7. The second kappa shape index (κ2) is 6.93. The second-order valence-electron chi connectivity index (χ2n) is 3.06. The van der Waals surface area contributed by atoms with Crippen LogP contribution in [0.2, 0.25) is 10.0 Å². The smallest absolute Gasteiger partial charge is 0.138 e. The lowest BCUT2D eigenvalue weighted by atomic mass is 10.2. The van der Waals surface area contributed by atoms with E-state index in [2.05, 4.69) is 5.48 Å². The van der Waals surface area contributed by atoms with Gasteiger partial charge >= 0.3 is 0 Å². The summed E-state index contributed by atoms with van der Waals surface area (Å²) in [7, 11) is 1.59. The van der Waals surface area contributed by atoms with Gasteiger partial charge in [-0.25, -0.2) is 0 Å². The lowest BCUT2D eigenvalue weighted by Crippen LogP contribution is -2.17. The van der Waals surface area contributed by atoms with Gasteiger partial charge in [-0.2, -0.15) is 5.48 Å². The van der Waals surface area contributed by atoms with Crippen molar-refractivity contribution in [2.45, 2.75) is 6.54 Å². The molecule has 0 aliphatic heterocycles. The van der Waals surface area contributed by atoms with Crippen LogP contribution in [0.5, 0.6) is 5.75 Å². The molecule has 0 unspecified atom stereocenters. The van der Waals surface area contributed by atoms with Crippen molar-refractivity contribution in [2.75, 3.05) is 20.3 Å². The number of hydroxylamine groups is 1. The first kappa shape index (κ1) is 13.5. The number of hydrogen-bond donors (Lipinski definition) is 2. The number of hydrogen-bond acceptors (Lipinski definition) is 4. The largest absolute Gasteiger partial charge is 0.506 e. The maximum atomic E-state index is 9.61. The van der Waals surface area contributed by atoms with E-state index in [-0.39, 0.29) is 10.8 Å². The first-order valence-corrected chi connectivity index (χ1v) is 5.41. The van der Waals surface area contributed by atoms with Crippen molar-refractivity contribution in [2.24, 2.45) is 0 Å². The predicted octanol–water partition coefficient (Wildman–Crippen LogP) is 2.37. The predicted molar refractivity (Wildman–Crippen MR) is 62.8 cm³/mol. The average Bonchev–Trinajstić information content (AvgIpc) is 2.24. The SMILES string of the molecule is COCCONCc1cc(Cl)cc(Cl)c1O. The zero-order valence-corrected chi connectivity index (χ0v) is 10.3. The summed E-state index contributed by atoms with van der Waals surface area (Å²) < 4.78 is 4.80. The van der Waals surface area contributed by atoms with Crippen LogP contribution in [-0.4, -0.2) is 25.4 Å². The maximum absolute atomic E-state index is 9.61. The highest BCUT2D eigenvalue weighted by Gasteiger charge is 2.07. The second-order valence-corrected chi connectivity index (χ2v) is 3.90. The van der Waals surface area contributed by atoms with Crippen LogP contribution in [0, 0.1) is 0 Å². The minimum Gasteiger partial charge on any atom is -0.506 e. The molecule has 6 heteroatoms.